The molecule has 3 fully saturated rings. The van der Waals surface area contributed by atoms with E-state index >= 15 is 0 Å². The molecule has 0 atom stereocenters. The number of rotatable bonds is 5. The maximum Gasteiger partial charge on any atom is 0.435 e. The van der Waals surface area contributed by atoms with Crippen molar-refractivity contribution in [2.24, 2.45) is 13.0 Å². The van der Waals surface area contributed by atoms with Crippen molar-refractivity contribution in [2.45, 2.75) is 55.8 Å². The van der Waals surface area contributed by atoms with E-state index in [0.29, 0.717) is 44.7 Å². The maximum atomic E-state index is 14.1. The molecule has 2 aliphatic carbocycles. The molecule has 1 aliphatic heterocycles. The molecule has 0 radical (unpaired) electrons. The number of halogens is 4. The molecule has 2 aromatic rings. The van der Waals surface area contributed by atoms with Crippen LogP contribution in [0.1, 0.15) is 49.8 Å². The number of urea groups is 1. The van der Waals surface area contributed by atoms with E-state index in [1.165, 1.54) is 18.0 Å². The number of carbonyl (C=O) groups excluding carboxylic acids is 1. The highest BCUT2D eigenvalue weighted by Gasteiger charge is 2.56. The highest BCUT2D eigenvalue weighted by molar-refractivity contribution is 5.94. The Morgan fingerprint density at radius 3 is 2.34 bits per heavy atom. The predicted molar refractivity (Wildman–Crippen MR) is 123 cm³/mol. The van der Waals surface area contributed by atoms with Gasteiger partial charge in [0.1, 0.15) is 11.6 Å². The Morgan fingerprint density at radius 1 is 1.11 bits per heavy atom. The van der Waals surface area contributed by atoms with Gasteiger partial charge in [-0.2, -0.15) is 18.3 Å². The molecule has 1 aromatic carbocycles. The molecule has 0 bridgehead atoms. The Labute approximate surface area is 202 Å². The molecule has 10 heteroatoms. The summed E-state index contributed by atoms with van der Waals surface area (Å²) in [6.45, 7) is 0.941. The van der Waals surface area contributed by atoms with Crippen LogP contribution in [0.2, 0.25) is 0 Å². The summed E-state index contributed by atoms with van der Waals surface area (Å²) < 4.78 is 55.2. The van der Waals surface area contributed by atoms with Crippen molar-refractivity contribution >= 4 is 11.8 Å². The predicted octanol–water partition coefficient (Wildman–Crippen LogP) is 5.00. The van der Waals surface area contributed by atoms with Gasteiger partial charge in [0.05, 0.1) is 12.1 Å². The second-order valence-corrected chi connectivity index (χ2v) is 10.6. The zero-order valence-corrected chi connectivity index (χ0v) is 20.3. The van der Waals surface area contributed by atoms with Crippen LogP contribution in [0, 0.1) is 11.7 Å². The van der Waals surface area contributed by atoms with Gasteiger partial charge in [0.25, 0.3) is 0 Å². The third-order valence-electron chi connectivity index (χ3n) is 8.27. The molecule has 2 heterocycles. The number of amides is 2. The first kappa shape index (κ1) is 24.1. The Balaban J connectivity index is 1.47. The zero-order valence-electron chi connectivity index (χ0n) is 20.3. The molecule has 2 saturated carbocycles. The van der Waals surface area contributed by atoms with Gasteiger partial charge in [0, 0.05) is 25.2 Å². The van der Waals surface area contributed by atoms with Crippen LogP contribution in [0.25, 0.3) is 0 Å². The van der Waals surface area contributed by atoms with Crippen molar-refractivity contribution in [3.63, 3.8) is 0 Å². The van der Waals surface area contributed by atoms with E-state index in [1.54, 1.807) is 12.1 Å². The van der Waals surface area contributed by atoms with Crippen LogP contribution in [0.15, 0.2) is 30.3 Å². The lowest BCUT2D eigenvalue weighted by molar-refractivity contribution is -0.141. The monoisotopic (exact) mass is 493 g/mol. The molecule has 35 heavy (non-hydrogen) atoms. The molecular formula is C25H31F4N5O. The van der Waals surface area contributed by atoms with Gasteiger partial charge >= 0.3 is 12.2 Å². The number of benzene rings is 1. The fourth-order valence-corrected chi connectivity index (χ4v) is 5.98. The molecule has 0 unspecified atom stereocenters. The first-order valence-electron chi connectivity index (χ1n) is 12.1. The van der Waals surface area contributed by atoms with E-state index in [9.17, 15) is 22.4 Å². The Hall–Kier alpha value is -2.62. The molecule has 1 saturated heterocycles. The lowest BCUT2D eigenvalue weighted by Gasteiger charge is -2.51. The minimum Gasteiger partial charge on any atom is -0.317 e. The third-order valence-corrected chi connectivity index (χ3v) is 8.27. The van der Waals surface area contributed by atoms with Crippen LogP contribution in [0.5, 0.6) is 0 Å². The molecule has 3 aliphatic rings. The number of aromatic nitrogens is 2. The number of aryl methyl sites for hydroxylation is 1. The lowest BCUT2D eigenvalue weighted by Crippen LogP contribution is -2.55. The van der Waals surface area contributed by atoms with Crippen LogP contribution in [0.4, 0.5) is 28.2 Å². The normalized spacial score (nSPS) is 27.5. The first-order valence-corrected chi connectivity index (χ1v) is 12.1. The van der Waals surface area contributed by atoms with Crippen molar-refractivity contribution < 1.29 is 22.4 Å². The van der Waals surface area contributed by atoms with Crippen molar-refractivity contribution in [1.29, 1.82) is 0 Å². The minimum absolute atomic E-state index is 0.162. The number of anilines is 1. The van der Waals surface area contributed by atoms with Crippen molar-refractivity contribution in [1.82, 2.24) is 19.6 Å². The number of carbonyl (C=O) groups is 1. The Bertz CT molecular complexity index is 1120. The Kier molecular flexibility index (Phi) is 5.65. The van der Waals surface area contributed by atoms with Gasteiger partial charge in [0.15, 0.2) is 5.69 Å². The summed E-state index contributed by atoms with van der Waals surface area (Å²) in [5.41, 5.74) is -0.937. The van der Waals surface area contributed by atoms with E-state index in [2.05, 4.69) is 10.00 Å². The fourth-order valence-electron chi connectivity index (χ4n) is 5.98. The van der Waals surface area contributed by atoms with Gasteiger partial charge < -0.3 is 4.90 Å². The third kappa shape index (κ3) is 4.09. The van der Waals surface area contributed by atoms with Gasteiger partial charge in [-0.05, 0) is 76.2 Å². The van der Waals surface area contributed by atoms with E-state index in [-0.39, 0.29) is 23.2 Å². The summed E-state index contributed by atoms with van der Waals surface area (Å²) in [6, 6.07) is 7.40. The van der Waals surface area contributed by atoms with Crippen molar-refractivity contribution in [2.75, 3.05) is 32.1 Å². The second-order valence-electron chi connectivity index (χ2n) is 10.6. The summed E-state index contributed by atoms with van der Waals surface area (Å²) in [7, 11) is 5.42. The topological polar surface area (TPSA) is 44.6 Å². The number of nitrogens with zero attached hydrogens (tertiary/aromatic N) is 5. The quantitative estimate of drug-likeness (QED) is 0.551. The summed E-state index contributed by atoms with van der Waals surface area (Å²) in [5.74, 6) is 0.324. The highest BCUT2D eigenvalue weighted by Crippen LogP contribution is 2.50. The van der Waals surface area contributed by atoms with E-state index < -0.39 is 17.4 Å². The smallest absolute Gasteiger partial charge is 0.317 e. The average molecular weight is 494 g/mol. The van der Waals surface area contributed by atoms with Gasteiger partial charge in [0.2, 0.25) is 0 Å². The molecule has 5 rings (SSSR count). The van der Waals surface area contributed by atoms with Crippen LogP contribution in [0.3, 0.4) is 0 Å². The summed E-state index contributed by atoms with van der Waals surface area (Å²) >= 11 is 0. The van der Waals surface area contributed by atoms with E-state index in [4.69, 9.17) is 0 Å². The van der Waals surface area contributed by atoms with Gasteiger partial charge in [-0.25, -0.2) is 9.18 Å². The summed E-state index contributed by atoms with van der Waals surface area (Å²) in [4.78, 5) is 19.1. The minimum atomic E-state index is -4.58. The van der Waals surface area contributed by atoms with E-state index in [0.717, 1.165) is 29.2 Å². The number of hydrogen-bond donors (Lipinski definition) is 0. The average Bonchev–Trinajstić information content (AvgIpc) is 3.48. The SMILES string of the molecule is CN(C)C1(c2cccc(F)c2)CCC2(CC1)CN(c1cc(C(F)(F)F)nn1C)C(=O)N2CC1CC1. The fraction of sp³-hybridized carbons (Fsp3) is 0.600. The second kappa shape index (κ2) is 8.21. The molecule has 190 valence electrons. The van der Waals surface area contributed by atoms with Gasteiger partial charge in [-0.15, -0.1) is 0 Å². The molecule has 6 nitrogen and oxygen atoms in total. The molecule has 1 spiro atoms. The zero-order chi connectivity index (χ0) is 25.2. The maximum absolute atomic E-state index is 14.1. The van der Waals surface area contributed by atoms with E-state index in [1.807, 2.05) is 25.1 Å². The summed E-state index contributed by atoms with van der Waals surface area (Å²) in [6.07, 6.45) is 0.339. The lowest BCUT2D eigenvalue weighted by atomic mass is 9.68. The highest BCUT2D eigenvalue weighted by atomic mass is 19.4. The Morgan fingerprint density at radius 2 is 1.80 bits per heavy atom. The van der Waals surface area contributed by atoms with Gasteiger partial charge in [-0.3, -0.25) is 14.5 Å². The molecular weight excluding hydrogens is 462 g/mol. The number of hydrogen-bond acceptors (Lipinski definition) is 3. The number of alkyl halides is 3. The van der Waals surface area contributed by atoms with Crippen LogP contribution in [-0.2, 0) is 18.8 Å². The van der Waals surface area contributed by atoms with Crippen LogP contribution < -0.4 is 4.90 Å². The van der Waals surface area contributed by atoms with Crippen LogP contribution in [-0.4, -0.2) is 58.3 Å². The van der Waals surface area contributed by atoms with Crippen LogP contribution >= 0.6 is 0 Å². The molecule has 1 aromatic heterocycles. The largest absolute Gasteiger partial charge is 0.435 e. The molecule has 2 amide bonds. The first-order chi connectivity index (χ1) is 16.4. The van der Waals surface area contributed by atoms with Gasteiger partial charge in [-0.1, -0.05) is 12.1 Å². The summed E-state index contributed by atoms with van der Waals surface area (Å²) in [5, 5.41) is 3.62. The van der Waals surface area contributed by atoms with Crippen molar-refractivity contribution in [3.05, 3.63) is 47.4 Å². The standard InChI is InChI=1S/C25H31F4N5O/c1-31(2)24(18-5-4-6-19(26)13-18)11-9-23(10-12-24)16-33(22(35)34(23)15-17-7-8-17)21-14-20(25(27,28)29)30-32(21)3/h4-6,13-14,17H,7-12,15-16H2,1-3H3. The molecule has 0 N–H and O–H groups in total. The van der Waals surface area contributed by atoms with Crippen molar-refractivity contribution in [3.8, 4) is 0 Å².